The van der Waals surface area contributed by atoms with Gasteiger partial charge in [-0.1, -0.05) is 12.1 Å². The summed E-state index contributed by atoms with van der Waals surface area (Å²) < 4.78 is 11.1. The van der Waals surface area contributed by atoms with Gasteiger partial charge in [-0.05, 0) is 68.1 Å². The molecule has 0 spiro atoms. The zero-order valence-corrected chi connectivity index (χ0v) is 17.8. The molecule has 4 saturated heterocycles. The van der Waals surface area contributed by atoms with Gasteiger partial charge in [0.05, 0.1) is 7.11 Å². The third-order valence-electron chi connectivity index (χ3n) is 7.59. The number of carbonyl (C=O) groups is 2. The molecule has 4 aliphatic rings. The van der Waals surface area contributed by atoms with Gasteiger partial charge in [0.15, 0.2) is 0 Å². The second kappa shape index (κ2) is 8.22. The Morgan fingerprint density at radius 2 is 2.07 bits per heavy atom. The number of hydrogen-bond acceptors (Lipinski definition) is 4. The molecule has 0 aliphatic carbocycles. The quantitative estimate of drug-likeness (QED) is 0.763. The fourth-order valence-corrected chi connectivity index (χ4v) is 6.23. The van der Waals surface area contributed by atoms with Crippen molar-refractivity contribution >= 4 is 11.8 Å². The molecule has 4 aliphatic heterocycles. The van der Waals surface area contributed by atoms with Gasteiger partial charge in [-0.2, -0.15) is 0 Å². The van der Waals surface area contributed by atoms with Crippen molar-refractivity contribution in [3.8, 4) is 5.75 Å². The summed E-state index contributed by atoms with van der Waals surface area (Å²) in [6, 6.07) is 8.58. The first-order valence-electron chi connectivity index (χ1n) is 11.5. The van der Waals surface area contributed by atoms with Gasteiger partial charge in [0.2, 0.25) is 5.91 Å². The zero-order chi connectivity index (χ0) is 20.7. The topological polar surface area (TPSA) is 59.1 Å². The predicted octanol–water partition coefficient (Wildman–Crippen LogP) is 2.64. The van der Waals surface area contributed by atoms with Crippen molar-refractivity contribution in [1.82, 2.24) is 9.80 Å². The van der Waals surface area contributed by atoms with E-state index in [1.165, 1.54) is 5.56 Å². The minimum Gasteiger partial charge on any atom is -0.497 e. The van der Waals surface area contributed by atoms with Crippen LogP contribution in [0.2, 0.25) is 0 Å². The van der Waals surface area contributed by atoms with E-state index in [4.69, 9.17) is 9.47 Å². The Kier molecular flexibility index (Phi) is 5.44. The molecule has 5 atom stereocenters. The van der Waals surface area contributed by atoms with Crippen molar-refractivity contribution < 1.29 is 19.1 Å². The predicted molar refractivity (Wildman–Crippen MR) is 112 cm³/mol. The highest BCUT2D eigenvalue weighted by atomic mass is 16.5. The molecular formula is C24H32N2O4. The van der Waals surface area contributed by atoms with Gasteiger partial charge in [0.25, 0.3) is 5.91 Å². The molecule has 0 unspecified atom stereocenters. The van der Waals surface area contributed by atoms with Gasteiger partial charge in [0, 0.05) is 38.2 Å². The molecule has 6 nitrogen and oxygen atoms in total. The standard InChI is InChI=1S/C24H32N2O4/c1-29-19-6-2-5-16(11-19)12-21-18-13-17(20-7-3-9-23(27)26(20)21)14-25(15-18)24(28)22-8-4-10-30-22/h2,5-6,11,17-18,20-22H,3-4,7-10,12-15H2,1H3/t17-,18+,20+,21+,22+/m1/s1. The van der Waals surface area contributed by atoms with Crippen LogP contribution in [0, 0.1) is 11.8 Å². The third kappa shape index (κ3) is 3.59. The number of fused-ring (bicyclic) bond motifs is 4. The highest BCUT2D eigenvalue weighted by molar-refractivity contribution is 5.81. The van der Waals surface area contributed by atoms with Gasteiger partial charge < -0.3 is 19.3 Å². The fraction of sp³-hybridized carbons (Fsp3) is 0.667. The largest absolute Gasteiger partial charge is 0.497 e. The molecule has 30 heavy (non-hydrogen) atoms. The maximum Gasteiger partial charge on any atom is 0.251 e. The first-order valence-corrected chi connectivity index (χ1v) is 11.5. The number of hydrogen-bond donors (Lipinski definition) is 0. The number of methoxy groups -OCH3 is 1. The number of carbonyl (C=O) groups excluding carboxylic acids is 2. The van der Waals surface area contributed by atoms with Crippen molar-refractivity contribution in [1.29, 1.82) is 0 Å². The first-order chi connectivity index (χ1) is 14.6. The lowest BCUT2D eigenvalue weighted by Crippen LogP contribution is -2.66. The lowest BCUT2D eigenvalue weighted by atomic mass is 9.70. The normalized spacial score (nSPS) is 33.4. The number of likely N-dealkylation sites (tertiary alicyclic amines) is 1. The van der Waals surface area contributed by atoms with Crippen LogP contribution in [0.4, 0.5) is 0 Å². The van der Waals surface area contributed by atoms with Gasteiger partial charge >= 0.3 is 0 Å². The molecule has 0 saturated carbocycles. The molecule has 0 radical (unpaired) electrons. The second-order valence-electron chi connectivity index (χ2n) is 9.38. The van der Waals surface area contributed by atoms with Crippen LogP contribution in [0.3, 0.4) is 0 Å². The van der Waals surface area contributed by atoms with Crippen molar-refractivity contribution in [2.75, 3.05) is 26.8 Å². The number of ether oxygens (including phenoxy) is 2. The summed E-state index contributed by atoms with van der Waals surface area (Å²) in [7, 11) is 1.68. The molecule has 2 bridgehead atoms. The summed E-state index contributed by atoms with van der Waals surface area (Å²) in [5, 5.41) is 0. The van der Waals surface area contributed by atoms with Crippen LogP contribution in [0.15, 0.2) is 24.3 Å². The summed E-state index contributed by atoms with van der Waals surface area (Å²) >= 11 is 0. The molecular weight excluding hydrogens is 380 g/mol. The molecule has 1 aromatic rings. The lowest BCUT2D eigenvalue weighted by molar-refractivity contribution is -0.159. The number of rotatable bonds is 4. The maximum atomic E-state index is 13.1. The molecule has 4 heterocycles. The average molecular weight is 413 g/mol. The average Bonchev–Trinajstić information content (AvgIpc) is 3.31. The molecule has 6 heteroatoms. The summed E-state index contributed by atoms with van der Waals surface area (Å²) in [6.07, 6.45) is 6.16. The van der Waals surface area contributed by atoms with E-state index < -0.39 is 0 Å². The van der Waals surface area contributed by atoms with Crippen molar-refractivity contribution in [3.63, 3.8) is 0 Å². The summed E-state index contributed by atoms with van der Waals surface area (Å²) in [5.41, 5.74) is 1.19. The fourth-order valence-electron chi connectivity index (χ4n) is 6.23. The Bertz CT molecular complexity index is 806. The summed E-state index contributed by atoms with van der Waals surface area (Å²) in [5.74, 6) is 2.02. The van der Waals surface area contributed by atoms with Gasteiger partial charge in [-0.25, -0.2) is 0 Å². The van der Waals surface area contributed by atoms with E-state index in [0.29, 0.717) is 30.8 Å². The van der Waals surface area contributed by atoms with E-state index in [2.05, 4.69) is 21.9 Å². The maximum absolute atomic E-state index is 13.1. The van der Waals surface area contributed by atoms with Crippen molar-refractivity contribution in [2.24, 2.45) is 11.8 Å². The summed E-state index contributed by atoms with van der Waals surface area (Å²) in [4.78, 5) is 30.4. The van der Waals surface area contributed by atoms with Crippen molar-refractivity contribution in [2.45, 2.75) is 63.1 Å². The smallest absolute Gasteiger partial charge is 0.251 e. The van der Waals surface area contributed by atoms with Crippen LogP contribution in [0.1, 0.15) is 44.1 Å². The minimum atomic E-state index is -0.259. The molecule has 0 N–H and O–H groups in total. The van der Waals surface area contributed by atoms with Gasteiger partial charge in [-0.3, -0.25) is 9.59 Å². The van der Waals surface area contributed by atoms with E-state index in [9.17, 15) is 9.59 Å². The molecule has 0 aromatic heterocycles. The summed E-state index contributed by atoms with van der Waals surface area (Å²) in [6.45, 7) is 2.20. The van der Waals surface area contributed by atoms with Crippen LogP contribution in [-0.2, 0) is 20.7 Å². The SMILES string of the molecule is COc1cccc(C[C@H]2[C@H]3C[C@H](CN(C(=O)[C@@H]4CCCO4)C3)[C@@H]3CCCC(=O)N32)c1. The molecule has 2 amide bonds. The van der Waals surface area contributed by atoms with Gasteiger partial charge in [0.1, 0.15) is 11.9 Å². The van der Waals surface area contributed by atoms with E-state index in [-0.39, 0.29) is 24.1 Å². The highest BCUT2D eigenvalue weighted by Crippen LogP contribution is 2.43. The monoisotopic (exact) mass is 412 g/mol. The van der Waals surface area contributed by atoms with Crippen molar-refractivity contribution in [3.05, 3.63) is 29.8 Å². The van der Waals surface area contributed by atoms with E-state index >= 15 is 0 Å². The Balaban J connectivity index is 1.41. The lowest BCUT2D eigenvalue weighted by Gasteiger charge is -2.57. The van der Waals surface area contributed by atoms with Crippen LogP contribution >= 0.6 is 0 Å². The molecule has 4 fully saturated rings. The molecule has 1 aromatic carbocycles. The molecule has 162 valence electrons. The number of piperidine rings is 3. The van der Waals surface area contributed by atoms with E-state index in [1.54, 1.807) is 7.11 Å². The zero-order valence-electron chi connectivity index (χ0n) is 17.8. The second-order valence-corrected chi connectivity index (χ2v) is 9.38. The van der Waals surface area contributed by atoms with Gasteiger partial charge in [-0.15, -0.1) is 0 Å². The van der Waals surface area contributed by atoms with Crippen LogP contribution in [0.25, 0.3) is 0 Å². The number of nitrogens with zero attached hydrogens (tertiary/aromatic N) is 2. The third-order valence-corrected chi connectivity index (χ3v) is 7.59. The Hall–Kier alpha value is -2.08. The Labute approximate surface area is 178 Å². The Morgan fingerprint density at radius 1 is 1.20 bits per heavy atom. The van der Waals surface area contributed by atoms with Crippen LogP contribution < -0.4 is 4.74 Å². The molecule has 5 rings (SSSR count). The van der Waals surface area contributed by atoms with E-state index in [0.717, 1.165) is 57.4 Å². The number of amides is 2. The van der Waals surface area contributed by atoms with E-state index in [1.807, 2.05) is 12.1 Å². The Morgan fingerprint density at radius 3 is 2.87 bits per heavy atom. The van der Waals surface area contributed by atoms with Crippen LogP contribution in [-0.4, -0.2) is 66.6 Å². The highest BCUT2D eigenvalue weighted by Gasteiger charge is 2.50. The number of benzene rings is 1. The van der Waals surface area contributed by atoms with Crippen LogP contribution in [0.5, 0.6) is 5.75 Å². The minimum absolute atomic E-state index is 0.145. The first kappa shape index (κ1) is 19.9.